The number of halogens is 1. The molecule has 3 aromatic rings. The third kappa shape index (κ3) is 1.85. The van der Waals surface area contributed by atoms with Crippen LogP contribution >= 0.6 is 0 Å². The first kappa shape index (κ1) is 11.4. The number of nitriles is 1. The molecule has 0 atom stereocenters. The molecule has 0 N–H and O–H groups in total. The summed E-state index contributed by atoms with van der Waals surface area (Å²) < 4.78 is 14.7. The molecule has 3 nitrogen and oxygen atoms in total. The summed E-state index contributed by atoms with van der Waals surface area (Å²) in [5.41, 5.74) is 3.53. The van der Waals surface area contributed by atoms with Crippen LogP contribution in [0.4, 0.5) is 4.39 Å². The zero-order valence-electron chi connectivity index (χ0n) is 10.3. The molecule has 0 aliphatic carbocycles. The molecule has 4 heteroatoms. The highest BCUT2D eigenvalue weighted by Crippen LogP contribution is 2.24. The highest BCUT2D eigenvalue weighted by atomic mass is 19.1. The molecule has 0 aliphatic rings. The fourth-order valence-electron chi connectivity index (χ4n) is 2.07. The smallest absolute Gasteiger partial charge is 0.152 e. The van der Waals surface area contributed by atoms with E-state index in [-0.39, 0.29) is 5.82 Å². The number of hydrogen-bond donors (Lipinski definition) is 0. The van der Waals surface area contributed by atoms with Crippen LogP contribution < -0.4 is 0 Å². The minimum Gasteiger partial charge on any atom is -0.290 e. The lowest BCUT2D eigenvalue weighted by molar-refractivity contribution is 0.628. The molecule has 0 aliphatic heterocycles. The summed E-state index contributed by atoms with van der Waals surface area (Å²) in [6.07, 6.45) is 1.87. The van der Waals surface area contributed by atoms with Gasteiger partial charge in [0.25, 0.3) is 0 Å². The highest BCUT2D eigenvalue weighted by molar-refractivity contribution is 5.69. The third-order valence-corrected chi connectivity index (χ3v) is 2.99. The average molecular weight is 251 g/mol. The number of fused-ring (bicyclic) bond motifs is 1. The number of imidazole rings is 1. The second kappa shape index (κ2) is 4.21. The second-order valence-corrected chi connectivity index (χ2v) is 4.36. The van der Waals surface area contributed by atoms with Gasteiger partial charge in [-0.05, 0) is 42.8 Å². The third-order valence-electron chi connectivity index (χ3n) is 2.99. The normalized spacial score (nSPS) is 10.6. The SMILES string of the molecule is Cc1ccc2nc(-c3ccc(F)cc3)c(C#N)n2c1. The van der Waals surface area contributed by atoms with Crippen molar-refractivity contribution in [2.45, 2.75) is 6.92 Å². The predicted octanol–water partition coefficient (Wildman–Crippen LogP) is 3.32. The molecule has 0 saturated heterocycles. The van der Waals surface area contributed by atoms with Gasteiger partial charge in [0.2, 0.25) is 0 Å². The minimum atomic E-state index is -0.304. The van der Waals surface area contributed by atoms with Crippen LogP contribution in [-0.4, -0.2) is 9.38 Å². The van der Waals surface area contributed by atoms with E-state index in [0.717, 1.165) is 11.1 Å². The average Bonchev–Trinajstić information content (AvgIpc) is 2.77. The quantitative estimate of drug-likeness (QED) is 0.665. The Kier molecular flexibility index (Phi) is 2.53. The summed E-state index contributed by atoms with van der Waals surface area (Å²) >= 11 is 0. The van der Waals surface area contributed by atoms with Gasteiger partial charge in [-0.1, -0.05) is 6.07 Å². The molecule has 3 rings (SSSR count). The fourth-order valence-corrected chi connectivity index (χ4v) is 2.07. The van der Waals surface area contributed by atoms with E-state index in [0.29, 0.717) is 17.0 Å². The van der Waals surface area contributed by atoms with Crippen LogP contribution in [0.15, 0.2) is 42.6 Å². The minimum absolute atomic E-state index is 0.304. The van der Waals surface area contributed by atoms with Gasteiger partial charge in [-0.25, -0.2) is 9.37 Å². The monoisotopic (exact) mass is 251 g/mol. The van der Waals surface area contributed by atoms with Crippen molar-refractivity contribution in [3.63, 3.8) is 0 Å². The van der Waals surface area contributed by atoms with E-state index in [1.807, 2.05) is 25.3 Å². The zero-order valence-corrected chi connectivity index (χ0v) is 10.3. The van der Waals surface area contributed by atoms with Crippen molar-refractivity contribution in [1.82, 2.24) is 9.38 Å². The van der Waals surface area contributed by atoms with Crippen LogP contribution in [0.25, 0.3) is 16.9 Å². The van der Waals surface area contributed by atoms with Crippen LogP contribution in [0.2, 0.25) is 0 Å². The van der Waals surface area contributed by atoms with Gasteiger partial charge in [-0.15, -0.1) is 0 Å². The van der Waals surface area contributed by atoms with E-state index in [9.17, 15) is 9.65 Å². The first-order chi connectivity index (χ1) is 9.19. The van der Waals surface area contributed by atoms with Crippen molar-refractivity contribution in [3.8, 4) is 17.3 Å². The van der Waals surface area contributed by atoms with Crippen LogP contribution in [-0.2, 0) is 0 Å². The lowest BCUT2D eigenvalue weighted by atomic mass is 10.1. The van der Waals surface area contributed by atoms with E-state index in [2.05, 4.69) is 11.1 Å². The van der Waals surface area contributed by atoms with Crippen molar-refractivity contribution in [2.75, 3.05) is 0 Å². The fraction of sp³-hybridized carbons (Fsp3) is 0.0667. The van der Waals surface area contributed by atoms with Gasteiger partial charge in [-0.3, -0.25) is 4.40 Å². The van der Waals surface area contributed by atoms with Gasteiger partial charge in [0, 0.05) is 11.8 Å². The van der Waals surface area contributed by atoms with E-state index in [1.165, 1.54) is 12.1 Å². The van der Waals surface area contributed by atoms with Gasteiger partial charge in [0.05, 0.1) is 0 Å². The maximum Gasteiger partial charge on any atom is 0.152 e. The number of nitrogens with zero attached hydrogens (tertiary/aromatic N) is 3. The molecular formula is C15H10FN3. The number of rotatable bonds is 1. The Bertz CT molecular complexity index is 795. The lowest BCUT2D eigenvalue weighted by Gasteiger charge is -1.98. The van der Waals surface area contributed by atoms with Crippen molar-refractivity contribution in [3.05, 3.63) is 59.7 Å². The molecule has 1 aromatic carbocycles. The maximum atomic E-state index is 13.0. The summed E-state index contributed by atoms with van der Waals surface area (Å²) in [4.78, 5) is 4.44. The lowest BCUT2D eigenvalue weighted by Crippen LogP contribution is -1.90. The molecule has 0 unspecified atom stereocenters. The van der Waals surface area contributed by atoms with Gasteiger partial charge >= 0.3 is 0 Å². The summed E-state index contributed by atoms with van der Waals surface area (Å²) in [5.74, 6) is -0.304. The second-order valence-electron chi connectivity index (χ2n) is 4.36. The number of benzene rings is 1. The number of aryl methyl sites for hydroxylation is 1. The van der Waals surface area contributed by atoms with E-state index in [4.69, 9.17) is 0 Å². The topological polar surface area (TPSA) is 41.1 Å². The molecule has 0 bridgehead atoms. The molecule has 0 saturated carbocycles. The maximum absolute atomic E-state index is 13.0. The predicted molar refractivity (Wildman–Crippen MR) is 70.0 cm³/mol. The molecule has 19 heavy (non-hydrogen) atoms. The Morgan fingerprint density at radius 1 is 1.16 bits per heavy atom. The highest BCUT2D eigenvalue weighted by Gasteiger charge is 2.13. The van der Waals surface area contributed by atoms with Crippen molar-refractivity contribution < 1.29 is 4.39 Å². The Labute approximate surface area is 109 Å². The van der Waals surface area contributed by atoms with E-state index < -0.39 is 0 Å². The van der Waals surface area contributed by atoms with Gasteiger partial charge in [-0.2, -0.15) is 5.26 Å². The van der Waals surface area contributed by atoms with Crippen molar-refractivity contribution in [1.29, 1.82) is 5.26 Å². The Hall–Kier alpha value is -2.67. The Balaban J connectivity index is 2.29. The number of aromatic nitrogens is 2. The Morgan fingerprint density at radius 2 is 1.89 bits per heavy atom. The Morgan fingerprint density at radius 3 is 2.58 bits per heavy atom. The standard InChI is InChI=1S/C15H10FN3/c1-10-2-7-14-18-15(13(8-17)19(14)9-10)11-3-5-12(16)6-4-11/h2-7,9H,1H3. The van der Waals surface area contributed by atoms with Crippen molar-refractivity contribution in [2.24, 2.45) is 0 Å². The largest absolute Gasteiger partial charge is 0.290 e. The van der Waals surface area contributed by atoms with Crippen LogP contribution in [0.1, 0.15) is 11.3 Å². The van der Waals surface area contributed by atoms with Gasteiger partial charge in [0.15, 0.2) is 5.69 Å². The van der Waals surface area contributed by atoms with Gasteiger partial charge in [0.1, 0.15) is 23.2 Å². The zero-order chi connectivity index (χ0) is 13.4. The van der Waals surface area contributed by atoms with Crippen LogP contribution in [0.5, 0.6) is 0 Å². The first-order valence-electron chi connectivity index (χ1n) is 5.84. The summed E-state index contributed by atoms with van der Waals surface area (Å²) in [6, 6.07) is 12.0. The molecule has 2 heterocycles. The molecule has 0 spiro atoms. The van der Waals surface area contributed by atoms with Crippen LogP contribution in [0, 0.1) is 24.1 Å². The van der Waals surface area contributed by atoms with Crippen molar-refractivity contribution >= 4 is 5.65 Å². The molecule has 2 aromatic heterocycles. The number of pyridine rings is 1. The molecule has 92 valence electrons. The summed E-state index contributed by atoms with van der Waals surface area (Å²) in [5, 5.41) is 9.33. The molecule has 0 fully saturated rings. The molecular weight excluding hydrogens is 241 g/mol. The van der Waals surface area contributed by atoms with Crippen LogP contribution in [0.3, 0.4) is 0 Å². The van der Waals surface area contributed by atoms with E-state index >= 15 is 0 Å². The first-order valence-corrected chi connectivity index (χ1v) is 5.84. The number of hydrogen-bond acceptors (Lipinski definition) is 2. The summed E-state index contributed by atoms with van der Waals surface area (Å²) in [7, 11) is 0. The summed E-state index contributed by atoms with van der Waals surface area (Å²) in [6.45, 7) is 1.96. The van der Waals surface area contributed by atoms with E-state index in [1.54, 1.807) is 16.5 Å². The molecule has 0 radical (unpaired) electrons. The van der Waals surface area contributed by atoms with Gasteiger partial charge < -0.3 is 0 Å². The molecule has 0 amide bonds.